The molecule has 0 saturated heterocycles. The van der Waals surface area contributed by atoms with E-state index in [9.17, 15) is 18.0 Å². The summed E-state index contributed by atoms with van der Waals surface area (Å²) in [5.41, 5.74) is 1.18. The van der Waals surface area contributed by atoms with E-state index < -0.39 is 27.7 Å². The summed E-state index contributed by atoms with van der Waals surface area (Å²) in [7, 11) is -2.50. The van der Waals surface area contributed by atoms with Crippen molar-refractivity contribution < 1.29 is 17.6 Å². The molecule has 154 valence electrons. The van der Waals surface area contributed by atoms with Crippen molar-refractivity contribution >= 4 is 48.6 Å². The summed E-state index contributed by atoms with van der Waals surface area (Å²) in [5.74, 6) is -1.37. The molecule has 0 bridgehead atoms. The first-order valence-electron chi connectivity index (χ1n) is 8.77. The molecule has 1 heterocycles. The highest BCUT2D eigenvalue weighted by atomic mass is 79.9. The van der Waals surface area contributed by atoms with Gasteiger partial charge in [-0.3, -0.25) is 9.36 Å². The molecule has 0 saturated carbocycles. The van der Waals surface area contributed by atoms with E-state index in [4.69, 9.17) is 4.42 Å². The number of hydrogen-bond acceptors (Lipinski definition) is 5. The number of carbonyl (C=O) groups excluding carboxylic acids is 1. The maximum Gasteiger partial charge on any atom is 0.419 e. The zero-order valence-corrected chi connectivity index (χ0v) is 18.4. The van der Waals surface area contributed by atoms with Gasteiger partial charge in [0.25, 0.3) is 0 Å². The zero-order chi connectivity index (χ0) is 21.3. The quantitative estimate of drug-likeness (QED) is 0.562. The van der Waals surface area contributed by atoms with E-state index in [1.54, 1.807) is 38.1 Å². The fourth-order valence-corrected chi connectivity index (χ4v) is 4.39. The molecule has 0 aliphatic rings. The van der Waals surface area contributed by atoms with E-state index in [1.807, 2.05) is 0 Å². The number of oxazole rings is 1. The molecule has 0 aliphatic carbocycles. The minimum Gasteiger partial charge on any atom is -0.408 e. The van der Waals surface area contributed by atoms with E-state index in [-0.39, 0.29) is 16.4 Å². The molecule has 0 fully saturated rings. The zero-order valence-electron chi connectivity index (χ0n) is 16.0. The second-order valence-corrected chi connectivity index (χ2v) is 9.53. The van der Waals surface area contributed by atoms with Gasteiger partial charge in [0.05, 0.1) is 10.4 Å². The molecule has 8 nitrogen and oxygen atoms in total. The van der Waals surface area contributed by atoms with Crippen molar-refractivity contribution in [3.8, 4) is 0 Å². The second-order valence-electron chi connectivity index (χ2n) is 6.90. The Morgan fingerprint density at radius 1 is 1.14 bits per heavy atom. The highest BCUT2D eigenvalue weighted by molar-refractivity contribution is 9.10. The van der Waals surface area contributed by atoms with Crippen LogP contribution < -0.4 is 15.8 Å². The summed E-state index contributed by atoms with van der Waals surface area (Å²) >= 11 is 3.32. The number of amides is 1. The fourth-order valence-electron chi connectivity index (χ4n) is 2.76. The molecule has 0 radical (unpaired) electrons. The molecular weight excluding hydrogens is 462 g/mol. The summed E-state index contributed by atoms with van der Waals surface area (Å²) in [4.78, 5) is 24.2. The lowest BCUT2D eigenvalue weighted by molar-refractivity contribution is -0.118. The van der Waals surface area contributed by atoms with Gasteiger partial charge in [0.2, 0.25) is 15.9 Å². The van der Waals surface area contributed by atoms with Crippen LogP contribution in [0.1, 0.15) is 13.8 Å². The lowest BCUT2D eigenvalue weighted by Gasteiger charge is -2.21. The van der Waals surface area contributed by atoms with Crippen LogP contribution in [0, 0.1) is 5.92 Å². The molecule has 0 spiro atoms. The molecule has 2 aromatic carbocycles. The molecule has 3 rings (SSSR count). The number of anilines is 1. The minimum absolute atomic E-state index is 0.0959. The number of carbonyl (C=O) groups is 1. The van der Waals surface area contributed by atoms with E-state index in [0.29, 0.717) is 11.2 Å². The number of sulfonamides is 1. The Morgan fingerprint density at radius 2 is 1.79 bits per heavy atom. The van der Waals surface area contributed by atoms with Crippen LogP contribution in [-0.2, 0) is 21.9 Å². The van der Waals surface area contributed by atoms with Crippen molar-refractivity contribution in [2.75, 3.05) is 5.32 Å². The highest BCUT2D eigenvalue weighted by Gasteiger charge is 2.29. The SMILES string of the molecule is CC(C)C(NS(=O)(=O)c1ccc2c(c1)oc(=O)n2C)C(=O)Nc1ccc(Br)cc1. The minimum atomic E-state index is -4.03. The van der Waals surface area contributed by atoms with Crippen LogP contribution in [0.3, 0.4) is 0 Å². The number of rotatable bonds is 6. The monoisotopic (exact) mass is 481 g/mol. The van der Waals surface area contributed by atoms with Gasteiger partial charge in [-0.25, -0.2) is 13.2 Å². The number of benzene rings is 2. The summed E-state index contributed by atoms with van der Waals surface area (Å²) in [6, 6.07) is 10.1. The smallest absolute Gasteiger partial charge is 0.408 e. The van der Waals surface area contributed by atoms with Gasteiger partial charge in [-0.15, -0.1) is 0 Å². The van der Waals surface area contributed by atoms with Crippen LogP contribution in [0.5, 0.6) is 0 Å². The normalized spacial score (nSPS) is 13.0. The molecule has 1 unspecified atom stereocenters. The Bertz CT molecular complexity index is 1210. The number of halogens is 1. The van der Waals surface area contributed by atoms with Gasteiger partial charge in [-0.2, -0.15) is 4.72 Å². The largest absolute Gasteiger partial charge is 0.419 e. The molecule has 1 aromatic heterocycles. The van der Waals surface area contributed by atoms with Crippen molar-refractivity contribution in [2.24, 2.45) is 13.0 Å². The molecule has 0 aliphatic heterocycles. The first kappa shape index (κ1) is 21.3. The average Bonchev–Trinajstić information content (AvgIpc) is 2.95. The topological polar surface area (TPSA) is 110 Å². The van der Waals surface area contributed by atoms with Gasteiger partial charge in [-0.1, -0.05) is 29.8 Å². The number of hydrogen-bond donors (Lipinski definition) is 2. The molecule has 29 heavy (non-hydrogen) atoms. The number of fused-ring (bicyclic) bond motifs is 1. The van der Waals surface area contributed by atoms with E-state index >= 15 is 0 Å². The number of nitrogens with one attached hydrogen (secondary N) is 2. The van der Waals surface area contributed by atoms with Crippen LogP contribution >= 0.6 is 15.9 Å². The first-order valence-corrected chi connectivity index (χ1v) is 11.0. The second kappa shape index (κ2) is 8.13. The molecule has 2 N–H and O–H groups in total. The van der Waals surface area contributed by atoms with Gasteiger partial charge in [0.15, 0.2) is 5.58 Å². The summed E-state index contributed by atoms with van der Waals surface area (Å²) in [5, 5.41) is 2.72. The molecule has 3 aromatic rings. The Morgan fingerprint density at radius 3 is 2.41 bits per heavy atom. The van der Waals surface area contributed by atoms with E-state index in [0.717, 1.165) is 4.47 Å². The van der Waals surface area contributed by atoms with Crippen molar-refractivity contribution in [2.45, 2.75) is 24.8 Å². The van der Waals surface area contributed by atoms with Crippen molar-refractivity contribution in [3.63, 3.8) is 0 Å². The fraction of sp³-hybridized carbons (Fsp3) is 0.263. The Hall–Kier alpha value is -2.43. The van der Waals surface area contributed by atoms with Crippen LogP contribution in [0.15, 0.2) is 61.0 Å². The molecule has 10 heteroatoms. The Labute approximate surface area is 176 Å². The summed E-state index contributed by atoms with van der Waals surface area (Å²) in [6.07, 6.45) is 0. The van der Waals surface area contributed by atoms with Gasteiger partial charge in [0, 0.05) is 23.3 Å². The predicted molar refractivity (Wildman–Crippen MR) is 113 cm³/mol. The average molecular weight is 482 g/mol. The lowest BCUT2D eigenvalue weighted by Crippen LogP contribution is -2.47. The summed E-state index contributed by atoms with van der Waals surface area (Å²) < 4.78 is 35.4. The third-order valence-electron chi connectivity index (χ3n) is 4.42. The predicted octanol–water partition coefficient (Wildman–Crippen LogP) is 2.84. The van der Waals surface area contributed by atoms with E-state index in [1.165, 1.54) is 29.8 Å². The maximum atomic E-state index is 12.9. The van der Waals surface area contributed by atoms with Gasteiger partial charge in [0.1, 0.15) is 6.04 Å². The van der Waals surface area contributed by atoms with Crippen LogP contribution in [0.2, 0.25) is 0 Å². The van der Waals surface area contributed by atoms with Crippen LogP contribution in [-0.4, -0.2) is 24.9 Å². The maximum absolute atomic E-state index is 12.9. The van der Waals surface area contributed by atoms with Crippen molar-refractivity contribution in [1.82, 2.24) is 9.29 Å². The van der Waals surface area contributed by atoms with Crippen LogP contribution in [0.25, 0.3) is 11.1 Å². The molecular formula is C19H20BrN3O5S. The molecule has 1 amide bonds. The van der Waals surface area contributed by atoms with Gasteiger partial charge in [-0.05, 0) is 42.3 Å². The third-order valence-corrected chi connectivity index (χ3v) is 6.38. The van der Waals surface area contributed by atoms with Crippen LogP contribution in [0.4, 0.5) is 5.69 Å². The Balaban J connectivity index is 1.86. The van der Waals surface area contributed by atoms with Crippen molar-refractivity contribution in [3.05, 3.63) is 57.5 Å². The standard InChI is InChI=1S/C19H20BrN3O5S/c1-11(2)17(18(24)21-13-6-4-12(20)5-7-13)22-29(26,27)14-8-9-15-16(10-14)28-19(25)23(15)3/h4-11,17,22H,1-3H3,(H,21,24). The van der Waals surface area contributed by atoms with Gasteiger partial charge >= 0.3 is 5.76 Å². The van der Waals surface area contributed by atoms with Crippen molar-refractivity contribution in [1.29, 1.82) is 0 Å². The Kier molecular flexibility index (Phi) is 5.97. The first-order chi connectivity index (χ1) is 13.6. The number of nitrogens with zero attached hydrogens (tertiary/aromatic N) is 1. The van der Waals surface area contributed by atoms with Gasteiger partial charge < -0.3 is 9.73 Å². The lowest BCUT2D eigenvalue weighted by atomic mass is 10.0. The van der Waals surface area contributed by atoms with E-state index in [2.05, 4.69) is 26.0 Å². The number of aryl methyl sites for hydroxylation is 1. The highest BCUT2D eigenvalue weighted by Crippen LogP contribution is 2.20. The number of aromatic nitrogens is 1. The molecule has 1 atom stereocenters. The third kappa shape index (κ3) is 4.60. The summed E-state index contributed by atoms with van der Waals surface area (Å²) in [6.45, 7) is 3.49.